The number of benzene rings is 3. The first-order valence-electron chi connectivity index (χ1n) is 11.2. The van der Waals surface area contributed by atoms with Gasteiger partial charge in [0.1, 0.15) is 11.5 Å². The van der Waals surface area contributed by atoms with Crippen molar-refractivity contribution in [2.75, 3.05) is 26.1 Å². The smallest absolute Gasteiger partial charge is 0.244 e. The summed E-state index contributed by atoms with van der Waals surface area (Å²) in [6, 6.07) is 16.3. The molecule has 0 aromatic heterocycles. The first-order chi connectivity index (χ1) is 16.5. The molecule has 3 rings (SSSR count). The van der Waals surface area contributed by atoms with Crippen LogP contribution in [-0.4, -0.2) is 39.4 Å². The molecule has 0 saturated carbocycles. The van der Waals surface area contributed by atoms with Gasteiger partial charge in [0, 0.05) is 12.6 Å². The third-order valence-corrected chi connectivity index (χ3v) is 7.78. The lowest BCUT2D eigenvalue weighted by atomic mass is 10.1. The van der Waals surface area contributed by atoms with Gasteiger partial charge in [0.05, 0.1) is 31.3 Å². The highest BCUT2D eigenvalue weighted by atomic mass is 32.2. The minimum atomic E-state index is -3.99. The van der Waals surface area contributed by atoms with E-state index in [1.165, 1.54) is 18.5 Å². The Hall–Kier alpha value is -3.36. The second-order valence-electron chi connectivity index (χ2n) is 8.60. The molecule has 1 amide bonds. The molecule has 1 N–H and O–H groups in total. The zero-order valence-corrected chi connectivity index (χ0v) is 21.8. The van der Waals surface area contributed by atoms with Crippen LogP contribution in [0.25, 0.3) is 0 Å². The third-order valence-electron chi connectivity index (χ3n) is 5.68. The van der Waals surface area contributed by atoms with Crippen molar-refractivity contribution in [1.82, 2.24) is 4.31 Å². The fourth-order valence-electron chi connectivity index (χ4n) is 4.09. The van der Waals surface area contributed by atoms with Gasteiger partial charge in [0.25, 0.3) is 0 Å². The van der Waals surface area contributed by atoms with Crippen LogP contribution >= 0.6 is 0 Å². The van der Waals surface area contributed by atoms with Gasteiger partial charge in [-0.2, -0.15) is 4.31 Å². The van der Waals surface area contributed by atoms with Crippen LogP contribution in [0.1, 0.15) is 27.8 Å². The van der Waals surface area contributed by atoms with Crippen molar-refractivity contribution < 1.29 is 22.7 Å². The maximum absolute atomic E-state index is 13.9. The van der Waals surface area contributed by atoms with E-state index in [4.69, 9.17) is 9.47 Å². The van der Waals surface area contributed by atoms with Gasteiger partial charge in [-0.1, -0.05) is 47.5 Å². The van der Waals surface area contributed by atoms with Gasteiger partial charge in [0.2, 0.25) is 15.9 Å². The number of hydrogen-bond donors (Lipinski definition) is 1. The van der Waals surface area contributed by atoms with Crippen molar-refractivity contribution in [3.05, 3.63) is 82.4 Å². The van der Waals surface area contributed by atoms with E-state index >= 15 is 0 Å². The zero-order valence-electron chi connectivity index (χ0n) is 21.0. The molecule has 8 heteroatoms. The van der Waals surface area contributed by atoms with Crippen LogP contribution in [0.3, 0.4) is 0 Å². The van der Waals surface area contributed by atoms with E-state index in [1.807, 2.05) is 50.2 Å². The van der Waals surface area contributed by atoms with Crippen molar-refractivity contribution in [2.24, 2.45) is 0 Å². The number of nitrogens with one attached hydrogen (secondary N) is 1. The Morgan fingerprint density at radius 1 is 0.857 bits per heavy atom. The van der Waals surface area contributed by atoms with Gasteiger partial charge < -0.3 is 14.8 Å². The van der Waals surface area contributed by atoms with Crippen molar-refractivity contribution >= 4 is 21.6 Å². The predicted octanol–water partition coefficient (Wildman–Crippen LogP) is 4.77. The van der Waals surface area contributed by atoms with E-state index in [2.05, 4.69) is 5.32 Å². The van der Waals surface area contributed by atoms with E-state index in [-0.39, 0.29) is 18.0 Å². The molecule has 0 spiro atoms. The molecular weight excluding hydrogens is 464 g/mol. The summed E-state index contributed by atoms with van der Waals surface area (Å²) in [4.78, 5) is 13.3. The van der Waals surface area contributed by atoms with Crippen LogP contribution in [-0.2, 0) is 21.4 Å². The minimum Gasteiger partial charge on any atom is -0.497 e. The highest BCUT2D eigenvalue weighted by Crippen LogP contribution is 2.30. The van der Waals surface area contributed by atoms with Crippen molar-refractivity contribution in [3.8, 4) is 11.5 Å². The number of anilines is 1. The summed E-state index contributed by atoms with van der Waals surface area (Å²) < 4.78 is 39.5. The third kappa shape index (κ3) is 6.21. The van der Waals surface area contributed by atoms with E-state index in [0.717, 1.165) is 16.7 Å². The van der Waals surface area contributed by atoms with Crippen molar-refractivity contribution in [3.63, 3.8) is 0 Å². The van der Waals surface area contributed by atoms with E-state index < -0.39 is 15.9 Å². The van der Waals surface area contributed by atoms with Gasteiger partial charge in [-0.05, 0) is 56.5 Å². The standard InChI is InChI=1S/C27H32N2O5S/c1-18-7-9-22(10-8-18)16-29(35(31,32)27-20(3)13-19(2)14-21(27)4)17-26(30)28-24-15-23(33-5)11-12-25(24)34-6/h7-15H,16-17H2,1-6H3,(H,28,30). The van der Waals surface area contributed by atoms with Crippen LogP contribution in [0.5, 0.6) is 11.5 Å². The molecule has 0 unspecified atom stereocenters. The minimum absolute atomic E-state index is 0.0536. The van der Waals surface area contributed by atoms with Gasteiger partial charge in [-0.25, -0.2) is 8.42 Å². The number of ether oxygens (including phenoxy) is 2. The summed E-state index contributed by atoms with van der Waals surface area (Å²) in [6.07, 6.45) is 0. The van der Waals surface area contributed by atoms with Gasteiger partial charge in [-0.15, -0.1) is 0 Å². The van der Waals surface area contributed by atoms with Crippen LogP contribution in [0, 0.1) is 27.7 Å². The molecule has 0 fully saturated rings. The second kappa shape index (κ2) is 10.9. The Kier molecular flexibility index (Phi) is 8.19. The number of methoxy groups -OCH3 is 2. The van der Waals surface area contributed by atoms with Gasteiger partial charge in [0.15, 0.2) is 0 Å². The summed E-state index contributed by atoms with van der Waals surface area (Å²) in [7, 11) is -0.969. The first kappa shape index (κ1) is 26.2. The molecule has 0 atom stereocenters. The molecule has 0 saturated heterocycles. The maximum Gasteiger partial charge on any atom is 0.244 e. The number of sulfonamides is 1. The second-order valence-corrected chi connectivity index (χ2v) is 10.5. The molecular formula is C27H32N2O5S. The lowest BCUT2D eigenvalue weighted by Gasteiger charge is -2.24. The molecule has 0 aliphatic carbocycles. The van der Waals surface area contributed by atoms with E-state index in [1.54, 1.807) is 32.0 Å². The quantitative estimate of drug-likeness (QED) is 0.461. The van der Waals surface area contributed by atoms with Crippen molar-refractivity contribution in [1.29, 1.82) is 0 Å². The molecule has 35 heavy (non-hydrogen) atoms. The topological polar surface area (TPSA) is 84.9 Å². The molecule has 186 valence electrons. The van der Waals surface area contributed by atoms with E-state index in [9.17, 15) is 13.2 Å². The largest absolute Gasteiger partial charge is 0.497 e. The number of carbonyl (C=O) groups excluding carboxylic acids is 1. The van der Waals surface area contributed by atoms with Crippen LogP contribution < -0.4 is 14.8 Å². The monoisotopic (exact) mass is 496 g/mol. The van der Waals surface area contributed by atoms with E-state index in [0.29, 0.717) is 28.3 Å². The van der Waals surface area contributed by atoms with Gasteiger partial charge in [-0.3, -0.25) is 4.79 Å². The number of amides is 1. The Morgan fingerprint density at radius 3 is 2.06 bits per heavy atom. The zero-order chi connectivity index (χ0) is 25.8. The van der Waals surface area contributed by atoms with Crippen LogP contribution in [0.2, 0.25) is 0 Å². The summed E-state index contributed by atoms with van der Waals surface area (Å²) in [5, 5.41) is 2.77. The molecule has 7 nitrogen and oxygen atoms in total. The summed E-state index contributed by atoms with van der Waals surface area (Å²) in [5.41, 5.74) is 4.52. The number of aryl methyl sites for hydroxylation is 4. The number of nitrogens with zero attached hydrogens (tertiary/aromatic N) is 1. The normalized spacial score (nSPS) is 11.4. The molecule has 0 bridgehead atoms. The van der Waals surface area contributed by atoms with Gasteiger partial charge >= 0.3 is 0 Å². The lowest BCUT2D eigenvalue weighted by molar-refractivity contribution is -0.116. The van der Waals surface area contributed by atoms with Crippen molar-refractivity contribution in [2.45, 2.75) is 39.1 Å². The Morgan fingerprint density at radius 2 is 1.49 bits per heavy atom. The predicted molar refractivity (Wildman–Crippen MR) is 138 cm³/mol. The Labute approximate surface area is 207 Å². The Balaban J connectivity index is 1.98. The SMILES string of the molecule is COc1ccc(OC)c(NC(=O)CN(Cc2ccc(C)cc2)S(=O)(=O)c2c(C)cc(C)cc2C)c1. The fraction of sp³-hybridized carbons (Fsp3) is 0.296. The molecule has 0 heterocycles. The molecule has 0 aliphatic rings. The molecule has 3 aromatic carbocycles. The fourth-order valence-corrected chi connectivity index (χ4v) is 5.88. The Bertz CT molecular complexity index is 1290. The first-order valence-corrected chi connectivity index (χ1v) is 12.6. The highest BCUT2D eigenvalue weighted by Gasteiger charge is 2.30. The number of rotatable bonds is 9. The number of carbonyl (C=O) groups is 1. The number of hydrogen-bond acceptors (Lipinski definition) is 5. The average molecular weight is 497 g/mol. The maximum atomic E-state index is 13.9. The molecule has 3 aromatic rings. The summed E-state index contributed by atoms with van der Waals surface area (Å²) in [5.74, 6) is 0.489. The lowest BCUT2D eigenvalue weighted by Crippen LogP contribution is -2.38. The summed E-state index contributed by atoms with van der Waals surface area (Å²) >= 11 is 0. The van der Waals surface area contributed by atoms with Crippen LogP contribution in [0.4, 0.5) is 5.69 Å². The van der Waals surface area contributed by atoms with Crippen LogP contribution in [0.15, 0.2) is 59.5 Å². The molecule has 0 aliphatic heterocycles. The summed E-state index contributed by atoms with van der Waals surface area (Å²) in [6.45, 7) is 7.12. The molecule has 0 radical (unpaired) electrons. The average Bonchev–Trinajstić information content (AvgIpc) is 2.79. The highest BCUT2D eigenvalue weighted by molar-refractivity contribution is 7.89.